The highest BCUT2D eigenvalue weighted by atomic mass is 16.6. The average molecular weight is 623 g/mol. The van der Waals surface area contributed by atoms with Crippen molar-refractivity contribution in [2.45, 2.75) is 44.6 Å². The average Bonchev–Trinajstić information content (AvgIpc) is 3.75. The monoisotopic (exact) mass is 622 g/mol. The van der Waals surface area contributed by atoms with E-state index in [1.807, 2.05) is 54.2 Å². The number of hydrogen-bond acceptors (Lipinski definition) is 7. The molecule has 4 heterocycles. The molecule has 11 nitrogen and oxygen atoms in total. The Morgan fingerprint density at radius 2 is 1.87 bits per heavy atom. The van der Waals surface area contributed by atoms with Gasteiger partial charge in [0, 0.05) is 50.9 Å². The first-order valence-corrected chi connectivity index (χ1v) is 15.7. The minimum Gasteiger partial charge on any atom is -0.494 e. The number of aliphatic hydroxyl groups is 1. The van der Waals surface area contributed by atoms with E-state index in [0.29, 0.717) is 29.2 Å². The van der Waals surface area contributed by atoms with Crippen molar-refractivity contribution in [2.75, 3.05) is 27.2 Å². The molecule has 1 saturated carbocycles. The lowest BCUT2D eigenvalue weighted by molar-refractivity contribution is 0.0138. The molecule has 3 aromatic heterocycles. The highest BCUT2D eigenvalue weighted by Gasteiger charge is 2.34. The van der Waals surface area contributed by atoms with E-state index in [1.165, 1.54) is 17.7 Å². The minimum atomic E-state index is -0.791. The molecule has 238 valence electrons. The van der Waals surface area contributed by atoms with E-state index in [2.05, 4.69) is 21.7 Å². The predicted molar refractivity (Wildman–Crippen MR) is 173 cm³/mol. The number of methoxy groups -OCH3 is 1. The van der Waals surface area contributed by atoms with Crippen LogP contribution >= 0.6 is 0 Å². The zero-order valence-corrected chi connectivity index (χ0v) is 26.3. The number of piperidine rings is 1. The van der Waals surface area contributed by atoms with Crippen LogP contribution in [0.4, 0.5) is 4.79 Å². The molecule has 46 heavy (non-hydrogen) atoms. The Bertz CT molecular complexity index is 1910. The maximum Gasteiger partial charge on any atom is 0.410 e. The lowest BCUT2D eigenvalue weighted by atomic mass is 10.0. The number of imidazole rings is 1. The van der Waals surface area contributed by atoms with E-state index in [0.717, 1.165) is 40.2 Å². The molecule has 1 N–H and O–H groups in total. The number of hydrogen-bond donors (Lipinski definition) is 1. The molecule has 2 aromatic carbocycles. The fourth-order valence-corrected chi connectivity index (χ4v) is 6.48. The van der Waals surface area contributed by atoms with Crippen LogP contribution in [0.25, 0.3) is 33.6 Å². The molecule has 2 atom stereocenters. The Hall–Kier alpha value is -4.90. The molecule has 2 fully saturated rings. The molecule has 2 amide bonds. The zero-order chi connectivity index (χ0) is 31.9. The molecule has 7 rings (SSSR count). The highest BCUT2D eigenvalue weighted by Crippen LogP contribution is 2.37. The summed E-state index contributed by atoms with van der Waals surface area (Å²) in [4.78, 5) is 39.6. The normalized spacial score (nSPS) is 18.2. The third-order valence-electron chi connectivity index (χ3n) is 9.16. The number of carbonyl (C=O) groups excluding carboxylic acids is 2. The van der Waals surface area contributed by atoms with Gasteiger partial charge in [-0.25, -0.2) is 14.8 Å². The lowest BCUT2D eigenvalue weighted by Gasteiger charge is -2.39. The number of rotatable bonds is 8. The molecule has 5 aromatic rings. The maximum absolute atomic E-state index is 13.9. The van der Waals surface area contributed by atoms with Crippen molar-refractivity contribution in [3.63, 3.8) is 0 Å². The van der Waals surface area contributed by atoms with Gasteiger partial charge >= 0.3 is 6.09 Å². The molecular formula is C35H38N6O5. The van der Waals surface area contributed by atoms with Gasteiger partial charge < -0.3 is 33.5 Å². The second-order valence-electron chi connectivity index (χ2n) is 12.4. The number of likely N-dealkylation sites (N-methyl/N-ethyl adjacent to an activating group) is 1. The number of carbonyl (C=O) groups is 2. The number of aryl methyl sites for hydroxylation is 1. The Balaban J connectivity index is 1.16. The second kappa shape index (κ2) is 12.1. The summed E-state index contributed by atoms with van der Waals surface area (Å²) in [5.41, 5.74) is 4.60. The quantitative estimate of drug-likeness (QED) is 0.263. The number of amides is 2. The molecule has 1 aliphatic carbocycles. The first kappa shape index (κ1) is 29.8. The Kier molecular flexibility index (Phi) is 7.85. The van der Waals surface area contributed by atoms with Crippen molar-refractivity contribution in [3.8, 4) is 17.3 Å². The number of aromatic nitrogens is 4. The van der Waals surface area contributed by atoms with Crippen molar-refractivity contribution in [1.82, 2.24) is 28.9 Å². The molecule has 0 radical (unpaired) electrons. The van der Waals surface area contributed by atoms with Crippen molar-refractivity contribution in [1.29, 1.82) is 0 Å². The van der Waals surface area contributed by atoms with Gasteiger partial charge in [0.2, 0.25) is 0 Å². The van der Waals surface area contributed by atoms with Gasteiger partial charge in [0.15, 0.2) is 5.82 Å². The number of aliphatic hydroxyl groups excluding tert-OH is 1. The number of pyridine rings is 1. The van der Waals surface area contributed by atoms with Crippen LogP contribution in [0.3, 0.4) is 0 Å². The first-order valence-electron chi connectivity index (χ1n) is 15.7. The van der Waals surface area contributed by atoms with Crippen molar-refractivity contribution in [3.05, 3.63) is 78.0 Å². The summed E-state index contributed by atoms with van der Waals surface area (Å²) in [7, 11) is 5.18. The first-order chi connectivity index (χ1) is 22.3. The summed E-state index contributed by atoms with van der Waals surface area (Å²) in [5.74, 6) is 1.66. The third-order valence-corrected chi connectivity index (χ3v) is 9.16. The molecule has 0 spiro atoms. The van der Waals surface area contributed by atoms with Gasteiger partial charge in [-0.1, -0.05) is 30.3 Å². The van der Waals surface area contributed by atoms with Crippen LogP contribution in [0, 0.1) is 5.92 Å². The van der Waals surface area contributed by atoms with Gasteiger partial charge in [0.05, 0.1) is 30.5 Å². The smallest absolute Gasteiger partial charge is 0.410 e. The number of benzene rings is 2. The Morgan fingerprint density at radius 3 is 2.63 bits per heavy atom. The summed E-state index contributed by atoms with van der Waals surface area (Å²) in [5, 5.41) is 11.8. The van der Waals surface area contributed by atoms with Crippen LogP contribution in [-0.4, -0.2) is 85.4 Å². The summed E-state index contributed by atoms with van der Waals surface area (Å²) in [6, 6.07) is 18.7. The maximum atomic E-state index is 13.9. The molecule has 1 aliphatic heterocycles. The van der Waals surface area contributed by atoms with E-state index in [4.69, 9.17) is 14.5 Å². The van der Waals surface area contributed by atoms with Crippen LogP contribution in [0.2, 0.25) is 0 Å². The van der Waals surface area contributed by atoms with E-state index < -0.39 is 18.2 Å². The molecule has 1 saturated heterocycles. The van der Waals surface area contributed by atoms with Gasteiger partial charge in [0.1, 0.15) is 23.5 Å². The van der Waals surface area contributed by atoms with Crippen LogP contribution in [0.1, 0.15) is 35.2 Å². The van der Waals surface area contributed by atoms with Crippen molar-refractivity contribution in [2.24, 2.45) is 13.0 Å². The van der Waals surface area contributed by atoms with Crippen molar-refractivity contribution < 1.29 is 24.2 Å². The minimum absolute atomic E-state index is 0.144. The van der Waals surface area contributed by atoms with E-state index in [1.54, 1.807) is 31.2 Å². The van der Waals surface area contributed by atoms with Crippen LogP contribution < -0.4 is 4.74 Å². The molecule has 0 unspecified atom stereocenters. The lowest BCUT2D eigenvalue weighted by Crippen LogP contribution is -2.54. The fraction of sp³-hybridized carbons (Fsp3) is 0.371. The molecular weight excluding hydrogens is 584 g/mol. The summed E-state index contributed by atoms with van der Waals surface area (Å²) in [6.07, 6.45) is 3.29. The third kappa shape index (κ3) is 5.66. The van der Waals surface area contributed by atoms with Gasteiger partial charge in [-0.2, -0.15) is 0 Å². The van der Waals surface area contributed by atoms with Gasteiger partial charge in [-0.3, -0.25) is 4.79 Å². The molecule has 0 bridgehead atoms. The summed E-state index contributed by atoms with van der Waals surface area (Å²) in [6.45, 7) is 1.44. The standard InChI is InChI=1S/C35H38N6O5/c1-38(35(44)46-21-23-8-5-4-6-9-23)26-17-27(42)20-40(19-26)34(43)25-14-28-31(30(16-25)45-3)39(2)33(37-28)29-15-24-10-7-13-36-32(24)41(29)18-22-11-12-22/h4-10,13-16,22,26-27,42H,11-12,17-21H2,1-3H3/t26-,27+/m1/s1. The Labute approximate surface area is 267 Å². The van der Waals surface area contributed by atoms with Gasteiger partial charge in [0.25, 0.3) is 5.91 Å². The van der Waals surface area contributed by atoms with E-state index >= 15 is 0 Å². The largest absolute Gasteiger partial charge is 0.494 e. The van der Waals surface area contributed by atoms with Gasteiger partial charge in [-0.05, 0) is 61.1 Å². The SMILES string of the molecule is COc1cc(C(=O)N2C[C@@H](O)C[C@@H](N(C)C(=O)OCc3ccccc3)C2)cc2nc(-c3cc4cccnc4n3CC3CC3)n(C)c12. The van der Waals surface area contributed by atoms with Crippen LogP contribution in [0.5, 0.6) is 5.75 Å². The Morgan fingerprint density at radius 1 is 1.07 bits per heavy atom. The number of ether oxygens (including phenoxy) is 2. The predicted octanol–water partition coefficient (Wildman–Crippen LogP) is 4.85. The van der Waals surface area contributed by atoms with Crippen LogP contribution in [-0.2, 0) is 24.9 Å². The van der Waals surface area contributed by atoms with Gasteiger partial charge in [-0.15, -0.1) is 0 Å². The zero-order valence-electron chi connectivity index (χ0n) is 26.3. The van der Waals surface area contributed by atoms with E-state index in [-0.39, 0.29) is 25.6 Å². The van der Waals surface area contributed by atoms with Crippen LogP contribution in [0.15, 0.2) is 66.9 Å². The molecule has 2 aliphatic rings. The van der Waals surface area contributed by atoms with E-state index in [9.17, 15) is 14.7 Å². The second-order valence-corrected chi connectivity index (χ2v) is 12.4. The summed E-state index contributed by atoms with van der Waals surface area (Å²) < 4.78 is 15.6. The number of nitrogens with zero attached hydrogens (tertiary/aromatic N) is 6. The molecule has 11 heteroatoms. The fourth-order valence-electron chi connectivity index (χ4n) is 6.48. The highest BCUT2D eigenvalue weighted by molar-refractivity contribution is 6.00. The number of fused-ring (bicyclic) bond motifs is 2. The topological polar surface area (TPSA) is 115 Å². The number of likely N-dealkylation sites (tertiary alicyclic amines) is 1. The number of β-amino-alcohol motifs (C(OH)–C–C–N with tert-alkyl or cyclic N) is 1. The van der Waals surface area contributed by atoms with Crippen molar-refractivity contribution >= 4 is 34.1 Å². The summed E-state index contributed by atoms with van der Waals surface area (Å²) >= 11 is 0.